The summed E-state index contributed by atoms with van der Waals surface area (Å²) in [5.41, 5.74) is -0.346. The molecular formula is C21H24F3N3O4S. The van der Waals surface area contributed by atoms with E-state index in [9.17, 15) is 26.4 Å². The van der Waals surface area contributed by atoms with Crippen molar-refractivity contribution < 1.29 is 31.1 Å². The standard InChI is InChI=1S/C21H24F3N3O4S/c1-2-31-19-6-4-3-5-18(19)25-20(28)15-26-11-13-27(14-12-26)32(29,30)17-9-7-16(8-10-17)21(22,23)24/h3-10H,2,11-15H2,1H3,(H,25,28). The molecule has 0 atom stereocenters. The maximum atomic E-state index is 12.8. The number of amides is 1. The zero-order valence-corrected chi connectivity index (χ0v) is 18.2. The van der Waals surface area contributed by atoms with Crippen molar-refractivity contribution in [2.45, 2.75) is 18.0 Å². The molecule has 0 saturated carbocycles. The Bertz CT molecular complexity index is 1040. The van der Waals surface area contributed by atoms with Crippen LogP contribution in [0.5, 0.6) is 5.75 Å². The monoisotopic (exact) mass is 471 g/mol. The summed E-state index contributed by atoms with van der Waals surface area (Å²) in [6.07, 6.45) is -4.53. The Hall–Kier alpha value is -2.63. The van der Waals surface area contributed by atoms with Crippen molar-refractivity contribution in [3.8, 4) is 5.75 Å². The second-order valence-corrected chi connectivity index (χ2v) is 9.12. The van der Waals surface area contributed by atoms with Gasteiger partial charge in [-0.2, -0.15) is 17.5 Å². The number of benzene rings is 2. The second kappa shape index (κ2) is 9.88. The summed E-state index contributed by atoms with van der Waals surface area (Å²) in [6, 6.07) is 10.5. The summed E-state index contributed by atoms with van der Waals surface area (Å²) in [5, 5.41) is 2.80. The summed E-state index contributed by atoms with van der Waals surface area (Å²) in [5.74, 6) is 0.312. The molecule has 1 fully saturated rings. The van der Waals surface area contributed by atoms with Crippen molar-refractivity contribution in [2.24, 2.45) is 0 Å². The Morgan fingerprint density at radius 3 is 2.25 bits per heavy atom. The molecule has 1 aliphatic rings. The highest BCUT2D eigenvalue weighted by Gasteiger charge is 2.32. The second-order valence-electron chi connectivity index (χ2n) is 7.18. The average Bonchev–Trinajstić information content (AvgIpc) is 2.75. The predicted octanol–water partition coefficient (Wildman–Crippen LogP) is 3.05. The number of para-hydroxylation sites is 2. The van der Waals surface area contributed by atoms with E-state index in [1.54, 1.807) is 24.3 Å². The fourth-order valence-electron chi connectivity index (χ4n) is 3.34. The van der Waals surface area contributed by atoms with Gasteiger partial charge in [0.1, 0.15) is 5.75 Å². The van der Waals surface area contributed by atoms with E-state index in [0.717, 1.165) is 24.3 Å². The molecule has 0 unspecified atom stereocenters. The summed E-state index contributed by atoms with van der Waals surface area (Å²) in [7, 11) is -3.91. The largest absolute Gasteiger partial charge is 0.492 e. The lowest BCUT2D eigenvalue weighted by molar-refractivity contribution is -0.137. The van der Waals surface area contributed by atoms with Crippen LogP contribution in [0, 0.1) is 0 Å². The molecule has 1 heterocycles. The molecule has 0 radical (unpaired) electrons. The number of rotatable bonds is 7. The molecule has 3 rings (SSSR count). The first-order chi connectivity index (χ1) is 15.1. The fraction of sp³-hybridized carbons (Fsp3) is 0.381. The number of sulfonamides is 1. The number of carbonyl (C=O) groups excluding carboxylic acids is 1. The highest BCUT2D eigenvalue weighted by atomic mass is 32.2. The van der Waals surface area contributed by atoms with Gasteiger partial charge < -0.3 is 10.1 Å². The minimum Gasteiger partial charge on any atom is -0.492 e. The highest BCUT2D eigenvalue weighted by Crippen LogP contribution is 2.30. The molecule has 32 heavy (non-hydrogen) atoms. The van der Waals surface area contributed by atoms with Gasteiger partial charge in [-0.15, -0.1) is 0 Å². The maximum Gasteiger partial charge on any atom is 0.416 e. The lowest BCUT2D eigenvalue weighted by atomic mass is 10.2. The number of alkyl halides is 3. The van der Waals surface area contributed by atoms with E-state index in [0.29, 0.717) is 31.1 Å². The third-order valence-corrected chi connectivity index (χ3v) is 6.89. The van der Waals surface area contributed by atoms with Gasteiger partial charge in [-0.3, -0.25) is 9.69 Å². The summed E-state index contributed by atoms with van der Waals surface area (Å²) < 4.78 is 70.3. The quantitative estimate of drug-likeness (QED) is 0.672. The molecule has 0 aliphatic carbocycles. The van der Waals surface area contributed by atoms with Crippen LogP contribution in [0.25, 0.3) is 0 Å². The number of ether oxygens (including phenoxy) is 1. The number of anilines is 1. The van der Waals surface area contributed by atoms with Crippen LogP contribution in [0.15, 0.2) is 53.4 Å². The van der Waals surface area contributed by atoms with Crippen LogP contribution in [-0.4, -0.2) is 62.9 Å². The minimum atomic E-state index is -4.53. The third kappa shape index (κ3) is 5.78. The highest BCUT2D eigenvalue weighted by molar-refractivity contribution is 7.89. The Balaban J connectivity index is 1.56. The van der Waals surface area contributed by atoms with Gasteiger partial charge in [0.2, 0.25) is 15.9 Å². The normalized spacial score (nSPS) is 16.0. The van der Waals surface area contributed by atoms with E-state index in [4.69, 9.17) is 4.74 Å². The third-order valence-electron chi connectivity index (χ3n) is 4.98. The van der Waals surface area contributed by atoms with Crippen molar-refractivity contribution in [3.05, 3.63) is 54.1 Å². The molecule has 1 N–H and O–H groups in total. The Labute approximate surface area is 184 Å². The summed E-state index contributed by atoms with van der Waals surface area (Å²) in [4.78, 5) is 14.0. The number of nitrogens with one attached hydrogen (secondary N) is 1. The number of nitrogens with zero attached hydrogens (tertiary/aromatic N) is 2. The molecule has 0 spiro atoms. The Morgan fingerprint density at radius 2 is 1.66 bits per heavy atom. The van der Waals surface area contributed by atoms with Crippen molar-refractivity contribution in [1.82, 2.24) is 9.21 Å². The molecule has 11 heteroatoms. The van der Waals surface area contributed by atoms with Gasteiger partial charge in [-0.25, -0.2) is 8.42 Å². The summed E-state index contributed by atoms with van der Waals surface area (Å²) in [6.45, 7) is 3.28. The van der Waals surface area contributed by atoms with E-state index < -0.39 is 21.8 Å². The van der Waals surface area contributed by atoms with Gasteiger partial charge in [0.05, 0.1) is 29.3 Å². The van der Waals surface area contributed by atoms with Crippen LogP contribution < -0.4 is 10.1 Å². The van der Waals surface area contributed by atoms with Crippen molar-refractivity contribution in [3.63, 3.8) is 0 Å². The van der Waals surface area contributed by atoms with Crippen LogP contribution in [-0.2, 0) is 21.0 Å². The molecule has 0 bridgehead atoms. The van der Waals surface area contributed by atoms with Crippen LogP contribution >= 0.6 is 0 Å². The number of halogens is 3. The average molecular weight is 472 g/mol. The van der Waals surface area contributed by atoms with Crippen LogP contribution in [0.1, 0.15) is 12.5 Å². The van der Waals surface area contributed by atoms with Gasteiger partial charge in [-0.1, -0.05) is 12.1 Å². The smallest absolute Gasteiger partial charge is 0.416 e. The Morgan fingerprint density at radius 1 is 1.03 bits per heavy atom. The van der Waals surface area contributed by atoms with Crippen LogP contribution in [0.2, 0.25) is 0 Å². The van der Waals surface area contributed by atoms with Crippen LogP contribution in [0.3, 0.4) is 0 Å². The van der Waals surface area contributed by atoms with E-state index in [2.05, 4.69) is 5.32 Å². The molecule has 1 saturated heterocycles. The zero-order valence-electron chi connectivity index (χ0n) is 17.4. The molecule has 2 aromatic rings. The SMILES string of the molecule is CCOc1ccccc1NC(=O)CN1CCN(S(=O)(=O)c2ccc(C(F)(F)F)cc2)CC1. The Kier molecular flexibility index (Phi) is 7.42. The van der Waals surface area contributed by atoms with Crippen LogP contribution in [0.4, 0.5) is 18.9 Å². The molecule has 1 aliphatic heterocycles. The first-order valence-corrected chi connectivity index (χ1v) is 11.5. The number of hydrogen-bond acceptors (Lipinski definition) is 5. The van der Waals surface area contributed by atoms with E-state index >= 15 is 0 Å². The lowest BCUT2D eigenvalue weighted by Crippen LogP contribution is -2.50. The van der Waals surface area contributed by atoms with Crippen molar-refractivity contribution >= 4 is 21.6 Å². The first kappa shape index (κ1) is 24.0. The van der Waals surface area contributed by atoms with Gasteiger partial charge >= 0.3 is 6.18 Å². The zero-order chi connectivity index (χ0) is 23.4. The topological polar surface area (TPSA) is 79.0 Å². The minimum absolute atomic E-state index is 0.0780. The first-order valence-electron chi connectivity index (χ1n) is 10.0. The number of piperazine rings is 1. The fourth-order valence-corrected chi connectivity index (χ4v) is 4.76. The van der Waals surface area contributed by atoms with Crippen molar-refractivity contribution in [2.75, 3.05) is 44.6 Å². The lowest BCUT2D eigenvalue weighted by Gasteiger charge is -2.33. The van der Waals surface area contributed by atoms with Gasteiger partial charge in [0.25, 0.3) is 0 Å². The molecule has 7 nitrogen and oxygen atoms in total. The van der Waals surface area contributed by atoms with Gasteiger partial charge in [0.15, 0.2) is 0 Å². The van der Waals surface area contributed by atoms with E-state index in [-0.39, 0.29) is 30.4 Å². The van der Waals surface area contributed by atoms with Crippen molar-refractivity contribution in [1.29, 1.82) is 0 Å². The molecular weight excluding hydrogens is 447 g/mol. The number of hydrogen-bond donors (Lipinski definition) is 1. The molecule has 174 valence electrons. The predicted molar refractivity (Wildman–Crippen MR) is 113 cm³/mol. The molecule has 1 amide bonds. The van der Waals surface area contributed by atoms with Gasteiger partial charge in [-0.05, 0) is 43.3 Å². The molecule has 2 aromatic carbocycles. The summed E-state index contributed by atoms with van der Waals surface area (Å²) >= 11 is 0. The van der Waals surface area contributed by atoms with E-state index in [1.165, 1.54) is 4.31 Å². The van der Waals surface area contributed by atoms with Gasteiger partial charge in [0, 0.05) is 26.2 Å². The maximum absolute atomic E-state index is 12.8. The molecule has 0 aromatic heterocycles. The number of carbonyl (C=O) groups is 1. The van der Waals surface area contributed by atoms with E-state index in [1.807, 2.05) is 11.8 Å².